The van der Waals surface area contributed by atoms with Crippen molar-refractivity contribution in [3.63, 3.8) is 0 Å². The normalized spacial score (nSPS) is 11.1. The molecule has 2 aromatic carbocycles. The molecule has 192 valence electrons. The predicted octanol–water partition coefficient (Wildman–Crippen LogP) is 6.26. The van der Waals surface area contributed by atoms with Crippen LogP contribution in [-0.2, 0) is 17.9 Å². The first-order valence-corrected chi connectivity index (χ1v) is 12.9. The first-order valence-electron chi connectivity index (χ1n) is 12.5. The quantitative estimate of drug-likeness (QED) is 0.288. The highest BCUT2D eigenvalue weighted by Gasteiger charge is 2.24. The molecule has 0 unspecified atom stereocenters. The minimum absolute atomic E-state index is 0.0483. The van der Waals surface area contributed by atoms with E-state index in [0.717, 1.165) is 24.1 Å². The number of halogens is 2. The zero-order valence-corrected chi connectivity index (χ0v) is 22.0. The first kappa shape index (κ1) is 27.5. The number of aromatic nitrogens is 1. The molecule has 7 heteroatoms. The summed E-state index contributed by atoms with van der Waals surface area (Å²) in [5.41, 5.74) is 2.24. The Labute approximate surface area is 218 Å². The molecule has 5 nitrogen and oxygen atoms in total. The van der Waals surface area contributed by atoms with Crippen LogP contribution in [0, 0.1) is 11.7 Å². The van der Waals surface area contributed by atoms with Gasteiger partial charge in [0.25, 0.3) is 5.91 Å². The summed E-state index contributed by atoms with van der Waals surface area (Å²) in [5.74, 6) is -0.676. The van der Waals surface area contributed by atoms with Gasteiger partial charge in [0.2, 0.25) is 5.91 Å². The standard InChI is InChI=1S/C29H35ClFN3O2/c1-4-5-15-33(29(36)23-11-8-12-25(31)17-23)21-28(35)34(18-22(2)3)20-26-13-9-16-32(26)19-24-10-6-7-14-27(24)30/h6-14,16-17,22H,4-5,15,18-21H2,1-3H3. The summed E-state index contributed by atoms with van der Waals surface area (Å²) in [4.78, 5) is 30.0. The summed E-state index contributed by atoms with van der Waals surface area (Å²) in [6.45, 7) is 8.14. The van der Waals surface area contributed by atoms with Crippen LogP contribution < -0.4 is 0 Å². The van der Waals surface area contributed by atoms with E-state index in [2.05, 4.69) is 18.4 Å². The van der Waals surface area contributed by atoms with Crippen molar-refractivity contribution < 1.29 is 14.0 Å². The molecule has 0 saturated heterocycles. The minimum atomic E-state index is -0.469. The highest BCUT2D eigenvalue weighted by molar-refractivity contribution is 6.31. The number of nitrogens with zero attached hydrogens (tertiary/aromatic N) is 3. The lowest BCUT2D eigenvalue weighted by molar-refractivity contribution is -0.133. The fraction of sp³-hybridized carbons (Fsp3) is 0.379. The molecule has 0 N–H and O–H groups in total. The van der Waals surface area contributed by atoms with Crippen molar-refractivity contribution in [1.82, 2.24) is 14.4 Å². The van der Waals surface area contributed by atoms with Crippen LogP contribution >= 0.6 is 11.6 Å². The Morgan fingerprint density at radius 1 is 1.03 bits per heavy atom. The number of hydrogen-bond acceptors (Lipinski definition) is 2. The maximum absolute atomic E-state index is 13.8. The predicted molar refractivity (Wildman–Crippen MR) is 142 cm³/mol. The zero-order chi connectivity index (χ0) is 26.1. The number of amides is 2. The van der Waals surface area contributed by atoms with Gasteiger partial charge in [0, 0.05) is 42.1 Å². The van der Waals surface area contributed by atoms with Crippen molar-refractivity contribution in [2.24, 2.45) is 5.92 Å². The molecule has 0 spiro atoms. The molecule has 3 aromatic rings. The lowest BCUT2D eigenvalue weighted by Crippen LogP contribution is -2.44. The maximum atomic E-state index is 13.8. The number of hydrogen-bond donors (Lipinski definition) is 0. The average molecular weight is 512 g/mol. The fourth-order valence-electron chi connectivity index (χ4n) is 4.12. The topological polar surface area (TPSA) is 45.6 Å². The average Bonchev–Trinajstić information content (AvgIpc) is 3.28. The van der Waals surface area contributed by atoms with Gasteiger partial charge in [-0.15, -0.1) is 0 Å². The van der Waals surface area contributed by atoms with Gasteiger partial charge in [-0.1, -0.05) is 63.1 Å². The first-order chi connectivity index (χ1) is 17.3. The van der Waals surface area contributed by atoms with Gasteiger partial charge in [-0.05, 0) is 54.3 Å². The molecule has 0 aliphatic rings. The van der Waals surface area contributed by atoms with Gasteiger partial charge < -0.3 is 14.4 Å². The van der Waals surface area contributed by atoms with Crippen molar-refractivity contribution in [2.45, 2.75) is 46.7 Å². The van der Waals surface area contributed by atoms with E-state index in [1.165, 1.54) is 23.1 Å². The molecule has 1 heterocycles. The van der Waals surface area contributed by atoms with Crippen molar-refractivity contribution >= 4 is 23.4 Å². The molecule has 3 rings (SSSR count). The Morgan fingerprint density at radius 2 is 1.81 bits per heavy atom. The molecule has 0 aliphatic heterocycles. The van der Waals surface area contributed by atoms with Crippen LogP contribution in [0.5, 0.6) is 0 Å². The summed E-state index contributed by atoms with van der Waals surface area (Å²) in [6, 6.07) is 17.3. The fourth-order valence-corrected chi connectivity index (χ4v) is 4.31. The summed E-state index contributed by atoms with van der Waals surface area (Å²) in [5, 5.41) is 0.703. The van der Waals surface area contributed by atoms with Crippen molar-refractivity contribution in [1.29, 1.82) is 0 Å². The number of rotatable bonds is 12. The van der Waals surface area contributed by atoms with Crippen LogP contribution in [-0.4, -0.2) is 45.8 Å². The van der Waals surface area contributed by atoms with Crippen LogP contribution in [0.2, 0.25) is 5.02 Å². The highest BCUT2D eigenvalue weighted by Crippen LogP contribution is 2.19. The smallest absolute Gasteiger partial charge is 0.254 e. The SMILES string of the molecule is CCCCN(CC(=O)N(Cc1cccn1Cc1ccccc1Cl)CC(C)C)C(=O)c1cccc(F)c1. The lowest BCUT2D eigenvalue weighted by atomic mass is 10.1. The van der Waals surface area contributed by atoms with Gasteiger partial charge in [-0.2, -0.15) is 0 Å². The molecular weight excluding hydrogens is 477 g/mol. The van der Waals surface area contributed by atoms with Crippen LogP contribution in [0.3, 0.4) is 0 Å². The van der Waals surface area contributed by atoms with Crippen LogP contribution in [0.4, 0.5) is 4.39 Å². The van der Waals surface area contributed by atoms with Crippen molar-refractivity contribution in [3.05, 3.63) is 94.5 Å². The second-order valence-electron chi connectivity index (χ2n) is 9.48. The molecular formula is C29H35ClFN3O2. The van der Waals surface area contributed by atoms with Crippen molar-refractivity contribution in [2.75, 3.05) is 19.6 Å². The van der Waals surface area contributed by atoms with Crippen LogP contribution in [0.1, 0.15) is 55.2 Å². The summed E-state index contributed by atoms with van der Waals surface area (Å²) >= 11 is 6.37. The van der Waals surface area contributed by atoms with E-state index in [1.807, 2.05) is 49.5 Å². The molecule has 1 aromatic heterocycles. The third kappa shape index (κ3) is 7.69. The summed E-state index contributed by atoms with van der Waals surface area (Å²) in [7, 11) is 0. The molecule has 0 saturated carbocycles. The molecule has 0 fully saturated rings. The third-order valence-electron chi connectivity index (χ3n) is 5.98. The summed E-state index contributed by atoms with van der Waals surface area (Å²) in [6.07, 6.45) is 3.63. The monoisotopic (exact) mass is 511 g/mol. The molecule has 0 aliphatic carbocycles. The lowest BCUT2D eigenvalue weighted by Gasteiger charge is -2.29. The van der Waals surface area contributed by atoms with Crippen LogP contribution in [0.15, 0.2) is 66.9 Å². The van der Waals surface area contributed by atoms with E-state index in [9.17, 15) is 14.0 Å². The van der Waals surface area contributed by atoms with Gasteiger partial charge in [0.15, 0.2) is 0 Å². The third-order valence-corrected chi connectivity index (χ3v) is 6.35. The van der Waals surface area contributed by atoms with E-state index < -0.39 is 5.82 Å². The largest absolute Gasteiger partial charge is 0.345 e. The Hall–Kier alpha value is -3.12. The van der Waals surface area contributed by atoms with Crippen molar-refractivity contribution in [3.8, 4) is 0 Å². The Balaban J connectivity index is 1.78. The zero-order valence-electron chi connectivity index (χ0n) is 21.3. The number of carbonyl (C=O) groups excluding carboxylic acids is 2. The molecule has 0 atom stereocenters. The second-order valence-corrected chi connectivity index (χ2v) is 9.88. The number of unbranched alkanes of at least 4 members (excludes halogenated alkanes) is 1. The maximum Gasteiger partial charge on any atom is 0.254 e. The van der Waals surface area contributed by atoms with E-state index in [1.54, 1.807) is 11.0 Å². The van der Waals surface area contributed by atoms with E-state index in [4.69, 9.17) is 11.6 Å². The molecule has 0 bridgehead atoms. The molecule has 36 heavy (non-hydrogen) atoms. The van der Waals surface area contributed by atoms with E-state index >= 15 is 0 Å². The summed E-state index contributed by atoms with van der Waals surface area (Å²) < 4.78 is 15.8. The second kappa shape index (κ2) is 13.3. The highest BCUT2D eigenvalue weighted by atomic mass is 35.5. The van der Waals surface area contributed by atoms with Gasteiger partial charge in [-0.25, -0.2) is 4.39 Å². The van der Waals surface area contributed by atoms with E-state index in [-0.39, 0.29) is 29.8 Å². The van der Waals surface area contributed by atoms with Gasteiger partial charge in [0.05, 0.1) is 6.54 Å². The Morgan fingerprint density at radius 3 is 2.50 bits per heavy atom. The molecule has 0 radical (unpaired) electrons. The minimum Gasteiger partial charge on any atom is -0.345 e. The number of benzene rings is 2. The van der Waals surface area contributed by atoms with Gasteiger partial charge in [-0.3, -0.25) is 9.59 Å². The number of carbonyl (C=O) groups is 2. The Bertz CT molecular complexity index is 1160. The van der Waals surface area contributed by atoms with Gasteiger partial charge in [0.1, 0.15) is 12.4 Å². The molecule has 2 amide bonds. The van der Waals surface area contributed by atoms with E-state index in [0.29, 0.717) is 31.2 Å². The van der Waals surface area contributed by atoms with Crippen LogP contribution in [0.25, 0.3) is 0 Å². The Kier molecular flexibility index (Phi) is 10.1. The van der Waals surface area contributed by atoms with Gasteiger partial charge >= 0.3 is 0 Å².